The summed E-state index contributed by atoms with van der Waals surface area (Å²) in [6, 6.07) is 13.5. The lowest BCUT2D eigenvalue weighted by Gasteiger charge is -2.26. The molecule has 4 aromatic rings. The van der Waals surface area contributed by atoms with E-state index in [-0.39, 0.29) is 23.4 Å². The Hall–Kier alpha value is -3.34. The van der Waals surface area contributed by atoms with Crippen molar-refractivity contribution in [2.24, 2.45) is 0 Å². The molecule has 5 rings (SSSR count). The van der Waals surface area contributed by atoms with E-state index < -0.39 is 10.0 Å². The van der Waals surface area contributed by atoms with Crippen LogP contribution in [0.15, 0.2) is 66.0 Å². The molecule has 9 nitrogen and oxygen atoms in total. The molecule has 1 N–H and O–H groups in total. The first-order valence-electron chi connectivity index (χ1n) is 12.0. The molecule has 1 aliphatic rings. The predicted molar refractivity (Wildman–Crippen MR) is 150 cm³/mol. The first-order chi connectivity index (χ1) is 18.1. The summed E-state index contributed by atoms with van der Waals surface area (Å²) in [5.41, 5.74) is 1.95. The lowest BCUT2D eigenvalue weighted by molar-refractivity contribution is -0.128. The summed E-state index contributed by atoms with van der Waals surface area (Å²) in [5, 5.41) is 4.69. The quantitative estimate of drug-likeness (QED) is 0.349. The van der Waals surface area contributed by atoms with Crippen molar-refractivity contribution in [3.63, 3.8) is 0 Å². The van der Waals surface area contributed by atoms with Gasteiger partial charge in [0.05, 0.1) is 16.8 Å². The minimum atomic E-state index is -3.82. The summed E-state index contributed by atoms with van der Waals surface area (Å²) in [6.07, 6.45) is 3.62. The van der Waals surface area contributed by atoms with E-state index in [4.69, 9.17) is 23.2 Å². The third-order valence-electron chi connectivity index (χ3n) is 6.71. The zero-order valence-corrected chi connectivity index (χ0v) is 23.1. The molecule has 0 aliphatic carbocycles. The van der Waals surface area contributed by atoms with Crippen molar-refractivity contribution in [2.45, 2.75) is 24.3 Å². The first kappa shape index (κ1) is 26.3. The van der Waals surface area contributed by atoms with Gasteiger partial charge in [0.2, 0.25) is 5.91 Å². The lowest BCUT2D eigenvalue weighted by atomic mass is 10.2. The van der Waals surface area contributed by atoms with Crippen LogP contribution in [0.25, 0.3) is 11.0 Å². The summed E-state index contributed by atoms with van der Waals surface area (Å²) in [6.45, 7) is 3.13. The molecule has 3 heterocycles. The highest BCUT2D eigenvalue weighted by Gasteiger charge is 2.31. The van der Waals surface area contributed by atoms with Crippen LogP contribution in [0.4, 0.5) is 11.5 Å². The van der Waals surface area contributed by atoms with Gasteiger partial charge in [-0.3, -0.25) is 4.79 Å². The smallest absolute Gasteiger partial charge is 0.269 e. The van der Waals surface area contributed by atoms with Gasteiger partial charge in [0.15, 0.2) is 5.65 Å². The molecule has 1 saturated heterocycles. The number of aromatic nitrogens is 3. The second-order valence-corrected chi connectivity index (χ2v) is 12.0. The number of fused-ring (bicyclic) bond motifs is 1. The number of benzene rings is 2. The monoisotopic (exact) mass is 572 g/mol. The predicted octanol–water partition coefficient (Wildman–Crippen LogP) is 4.43. The van der Waals surface area contributed by atoms with Crippen molar-refractivity contribution < 1.29 is 13.2 Å². The Morgan fingerprint density at radius 1 is 1.11 bits per heavy atom. The summed E-state index contributed by atoms with van der Waals surface area (Å²) in [5.74, 6) is 0.569. The number of halogens is 2. The van der Waals surface area contributed by atoms with E-state index >= 15 is 0 Å². The Kier molecular flexibility index (Phi) is 7.21. The standard InChI is InChI=1S/C26H26Cl2N6O3S/c1-17-3-5-22(6-4-17)38(36,37)34-10-8-23-25(30-16-31-26(23)34)32(2)21-7-9-33(15-21)24(35)14-29-20-12-18(27)11-19(28)13-20/h3-6,8,10-13,16,21,29H,7,9,14-15H2,1-2H3/t21-/m0/s1. The highest BCUT2D eigenvalue weighted by molar-refractivity contribution is 7.90. The molecule has 0 radical (unpaired) electrons. The molecule has 1 amide bonds. The lowest BCUT2D eigenvalue weighted by Crippen LogP contribution is -2.39. The second-order valence-electron chi connectivity index (χ2n) is 9.27. The molecule has 2 aromatic heterocycles. The Morgan fingerprint density at radius 3 is 2.53 bits per heavy atom. The van der Waals surface area contributed by atoms with E-state index in [9.17, 15) is 13.2 Å². The molecule has 1 fully saturated rings. The SMILES string of the molecule is Cc1ccc(S(=O)(=O)n2ccc3c(N(C)[C@H]4CCN(C(=O)CNc5cc(Cl)cc(Cl)c5)C4)ncnc32)cc1. The minimum absolute atomic E-state index is 0.00900. The largest absolute Gasteiger partial charge is 0.376 e. The van der Waals surface area contributed by atoms with Crippen LogP contribution >= 0.6 is 23.2 Å². The van der Waals surface area contributed by atoms with Gasteiger partial charge >= 0.3 is 0 Å². The van der Waals surface area contributed by atoms with Crippen LogP contribution in [0.5, 0.6) is 0 Å². The zero-order chi connectivity index (χ0) is 27.0. The highest BCUT2D eigenvalue weighted by atomic mass is 35.5. The zero-order valence-electron chi connectivity index (χ0n) is 20.8. The molecular formula is C26H26Cl2N6O3S. The van der Waals surface area contributed by atoms with Crippen LogP contribution in [0.2, 0.25) is 10.0 Å². The molecule has 1 atom stereocenters. The number of rotatable bonds is 7. The Bertz CT molecular complexity index is 1590. The van der Waals surface area contributed by atoms with Crippen molar-refractivity contribution in [3.8, 4) is 0 Å². The van der Waals surface area contributed by atoms with E-state index in [1.807, 2.05) is 18.9 Å². The van der Waals surface area contributed by atoms with Crippen LogP contribution < -0.4 is 10.2 Å². The van der Waals surface area contributed by atoms with Gasteiger partial charge in [-0.25, -0.2) is 22.4 Å². The number of hydrogen-bond acceptors (Lipinski definition) is 7. The maximum atomic E-state index is 13.3. The van der Waals surface area contributed by atoms with Gasteiger partial charge in [-0.05, 0) is 49.7 Å². The van der Waals surface area contributed by atoms with Crippen LogP contribution in [0.1, 0.15) is 12.0 Å². The van der Waals surface area contributed by atoms with Gasteiger partial charge in [0.25, 0.3) is 10.0 Å². The van der Waals surface area contributed by atoms with Crippen molar-refractivity contribution >= 4 is 61.7 Å². The number of carbonyl (C=O) groups excluding carboxylic acids is 1. The number of anilines is 2. The van der Waals surface area contributed by atoms with Gasteiger partial charge < -0.3 is 15.1 Å². The maximum absolute atomic E-state index is 13.3. The van der Waals surface area contributed by atoms with Crippen LogP contribution in [-0.4, -0.2) is 65.9 Å². The van der Waals surface area contributed by atoms with Gasteiger partial charge in [-0.2, -0.15) is 0 Å². The number of nitrogens with zero attached hydrogens (tertiary/aromatic N) is 5. The average Bonchev–Trinajstić information content (AvgIpc) is 3.55. The molecule has 0 spiro atoms. The number of aryl methyl sites for hydroxylation is 1. The third kappa shape index (κ3) is 5.16. The fourth-order valence-corrected chi connectivity index (χ4v) is 6.44. The van der Waals surface area contributed by atoms with E-state index in [2.05, 4.69) is 15.3 Å². The number of nitrogens with one attached hydrogen (secondary N) is 1. The molecule has 2 aromatic carbocycles. The van der Waals surface area contributed by atoms with E-state index in [1.54, 1.807) is 53.4 Å². The number of likely N-dealkylation sites (tertiary alicyclic amines) is 1. The number of amides is 1. The summed E-state index contributed by atoms with van der Waals surface area (Å²) >= 11 is 12.1. The number of carbonyl (C=O) groups is 1. The van der Waals surface area contributed by atoms with Gasteiger partial charge in [0, 0.05) is 48.1 Å². The minimum Gasteiger partial charge on any atom is -0.376 e. The first-order valence-corrected chi connectivity index (χ1v) is 14.2. The van der Waals surface area contributed by atoms with Gasteiger partial charge in [-0.15, -0.1) is 0 Å². The normalized spacial score (nSPS) is 15.7. The Morgan fingerprint density at radius 2 is 1.82 bits per heavy atom. The van der Waals surface area contributed by atoms with E-state index in [0.717, 1.165) is 12.0 Å². The molecule has 0 unspecified atom stereocenters. The third-order valence-corrected chi connectivity index (χ3v) is 8.83. The van der Waals surface area contributed by atoms with Crippen molar-refractivity contribution in [2.75, 3.05) is 36.9 Å². The molecule has 12 heteroatoms. The molecule has 38 heavy (non-hydrogen) atoms. The molecular weight excluding hydrogens is 547 g/mol. The maximum Gasteiger partial charge on any atom is 0.269 e. The molecule has 198 valence electrons. The van der Waals surface area contributed by atoms with Crippen LogP contribution in [-0.2, 0) is 14.8 Å². The van der Waals surface area contributed by atoms with E-state index in [1.165, 1.54) is 16.5 Å². The van der Waals surface area contributed by atoms with Gasteiger partial charge in [-0.1, -0.05) is 40.9 Å². The number of hydrogen-bond donors (Lipinski definition) is 1. The Balaban J connectivity index is 1.31. The van der Waals surface area contributed by atoms with Crippen molar-refractivity contribution in [3.05, 3.63) is 76.7 Å². The summed E-state index contributed by atoms with van der Waals surface area (Å²) in [7, 11) is -1.92. The van der Waals surface area contributed by atoms with Crippen molar-refractivity contribution in [1.29, 1.82) is 0 Å². The second kappa shape index (κ2) is 10.4. The average molecular weight is 574 g/mol. The highest BCUT2D eigenvalue weighted by Crippen LogP contribution is 2.29. The van der Waals surface area contributed by atoms with E-state index in [0.29, 0.717) is 45.7 Å². The fourth-order valence-electron chi connectivity index (χ4n) is 4.62. The van der Waals surface area contributed by atoms with Gasteiger partial charge in [0.1, 0.15) is 12.1 Å². The van der Waals surface area contributed by atoms with Crippen molar-refractivity contribution in [1.82, 2.24) is 18.8 Å². The number of likely N-dealkylation sites (N-methyl/N-ethyl adjacent to an activating group) is 1. The summed E-state index contributed by atoms with van der Waals surface area (Å²) in [4.78, 5) is 25.6. The topological polar surface area (TPSA) is 100 Å². The van der Waals surface area contributed by atoms with Crippen LogP contribution in [0, 0.1) is 6.92 Å². The molecule has 0 bridgehead atoms. The van der Waals surface area contributed by atoms with Crippen LogP contribution in [0.3, 0.4) is 0 Å². The molecule has 0 saturated carbocycles. The Labute approximate surface area is 231 Å². The fraction of sp³-hybridized carbons (Fsp3) is 0.269. The molecule has 1 aliphatic heterocycles. The summed E-state index contributed by atoms with van der Waals surface area (Å²) < 4.78 is 27.8.